The van der Waals surface area contributed by atoms with Crippen LogP contribution in [0.2, 0.25) is 5.02 Å². The summed E-state index contributed by atoms with van der Waals surface area (Å²) >= 11 is 5.92. The van der Waals surface area contributed by atoms with Gasteiger partial charge in [0.15, 0.2) is 6.10 Å². The molecule has 1 aromatic rings. The van der Waals surface area contributed by atoms with E-state index in [2.05, 4.69) is 6.92 Å². The summed E-state index contributed by atoms with van der Waals surface area (Å²) in [5.41, 5.74) is 1.16. The summed E-state index contributed by atoms with van der Waals surface area (Å²) in [4.78, 5) is 14.2. The Morgan fingerprint density at radius 3 is 2.52 bits per heavy atom. The highest BCUT2D eigenvalue weighted by molar-refractivity contribution is 6.30. The van der Waals surface area contributed by atoms with E-state index in [0.29, 0.717) is 19.8 Å². The van der Waals surface area contributed by atoms with Crippen molar-refractivity contribution in [2.75, 3.05) is 26.9 Å². The number of benzene rings is 1. The van der Waals surface area contributed by atoms with Gasteiger partial charge in [-0.3, -0.25) is 4.79 Å². The van der Waals surface area contributed by atoms with Crippen LogP contribution >= 0.6 is 11.6 Å². The highest BCUT2D eigenvalue weighted by Gasteiger charge is 2.30. The first-order chi connectivity index (χ1) is 10.0. The summed E-state index contributed by atoms with van der Waals surface area (Å²) in [6, 6.07) is 7.81. The van der Waals surface area contributed by atoms with Gasteiger partial charge >= 0.3 is 0 Å². The lowest BCUT2D eigenvalue weighted by Gasteiger charge is -2.33. The van der Waals surface area contributed by atoms with E-state index in [9.17, 15) is 4.79 Å². The predicted octanol–water partition coefficient (Wildman–Crippen LogP) is 2.71. The van der Waals surface area contributed by atoms with Crippen LogP contribution in [0.5, 0.6) is 0 Å². The number of carbonyl (C=O) groups excluding carboxylic acids is 1. The number of ether oxygens (including phenoxy) is 2. The van der Waals surface area contributed by atoms with Gasteiger partial charge in [0.1, 0.15) is 0 Å². The van der Waals surface area contributed by atoms with Crippen molar-refractivity contribution in [1.29, 1.82) is 0 Å². The van der Waals surface area contributed by atoms with Crippen LogP contribution in [0, 0.1) is 0 Å². The second kappa shape index (κ2) is 7.25. The Hall–Kier alpha value is -1.10. The number of halogens is 1. The van der Waals surface area contributed by atoms with Crippen molar-refractivity contribution in [3.05, 3.63) is 34.9 Å². The molecule has 1 aliphatic heterocycles. The van der Waals surface area contributed by atoms with Gasteiger partial charge in [0.05, 0.1) is 19.8 Å². The second-order valence-electron chi connectivity index (χ2n) is 5.46. The first kappa shape index (κ1) is 16.3. The minimum absolute atomic E-state index is 0.0250. The zero-order valence-electron chi connectivity index (χ0n) is 12.7. The van der Waals surface area contributed by atoms with Crippen LogP contribution in [-0.4, -0.2) is 49.8 Å². The lowest BCUT2D eigenvalue weighted by Crippen LogP contribution is -2.48. The van der Waals surface area contributed by atoms with Gasteiger partial charge < -0.3 is 14.4 Å². The van der Waals surface area contributed by atoms with Gasteiger partial charge in [-0.15, -0.1) is 0 Å². The van der Waals surface area contributed by atoms with Gasteiger partial charge in [-0.25, -0.2) is 0 Å². The third-order valence-electron chi connectivity index (χ3n) is 4.17. The number of nitrogens with zero attached hydrogens (tertiary/aromatic N) is 1. The number of amides is 1. The highest BCUT2D eigenvalue weighted by atomic mass is 35.5. The Kier molecular flexibility index (Phi) is 5.62. The molecule has 4 nitrogen and oxygen atoms in total. The van der Waals surface area contributed by atoms with Gasteiger partial charge in [0.25, 0.3) is 5.91 Å². The Morgan fingerprint density at radius 1 is 1.29 bits per heavy atom. The van der Waals surface area contributed by atoms with E-state index in [1.165, 1.54) is 0 Å². The molecule has 1 saturated heterocycles. The van der Waals surface area contributed by atoms with Crippen LogP contribution in [-0.2, 0) is 14.3 Å². The van der Waals surface area contributed by atoms with Crippen LogP contribution < -0.4 is 0 Å². The molecule has 0 saturated carbocycles. The van der Waals surface area contributed by atoms with Gasteiger partial charge in [-0.2, -0.15) is 0 Å². The Balaban J connectivity index is 2.01. The van der Waals surface area contributed by atoms with Crippen molar-refractivity contribution in [3.8, 4) is 0 Å². The number of hydrogen-bond donors (Lipinski definition) is 0. The molecule has 3 atom stereocenters. The van der Waals surface area contributed by atoms with Gasteiger partial charge in [0.2, 0.25) is 0 Å². The number of hydrogen-bond acceptors (Lipinski definition) is 3. The molecule has 0 N–H and O–H groups in total. The lowest BCUT2D eigenvalue weighted by atomic mass is 9.93. The van der Waals surface area contributed by atoms with Crippen LogP contribution in [0.4, 0.5) is 0 Å². The third kappa shape index (κ3) is 3.96. The fourth-order valence-corrected chi connectivity index (χ4v) is 2.56. The second-order valence-corrected chi connectivity index (χ2v) is 5.90. The zero-order chi connectivity index (χ0) is 15.4. The molecule has 1 fully saturated rings. The monoisotopic (exact) mass is 311 g/mol. The molecule has 0 spiro atoms. The summed E-state index contributed by atoms with van der Waals surface area (Å²) in [5, 5.41) is 0.718. The quantitative estimate of drug-likeness (QED) is 0.858. The lowest BCUT2D eigenvalue weighted by molar-refractivity contribution is -0.158. The zero-order valence-corrected chi connectivity index (χ0v) is 13.5. The number of rotatable bonds is 4. The van der Waals surface area contributed by atoms with E-state index in [-0.39, 0.29) is 17.9 Å². The first-order valence-corrected chi connectivity index (χ1v) is 7.60. The van der Waals surface area contributed by atoms with E-state index in [1.807, 2.05) is 38.2 Å². The first-order valence-electron chi connectivity index (χ1n) is 7.22. The van der Waals surface area contributed by atoms with E-state index in [4.69, 9.17) is 21.1 Å². The van der Waals surface area contributed by atoms with Crippen molar-refractivity contribution >= 4 is 17.5 Å². The average Bonchev–Trinajstić information content (AvgIpc) is 2.53. The summed E-state index contributed by atoms with van der Waals surface area (Å²) in [6.45, 7) is 5.53. The van der Waals surface area contributed by atoms with Crippen LogP contribution in [0.25, 0.3) is 0 Å². The Labute approximate surface area is 131 Å². The third-order valence-corrected chi connectivity index (χ3v) is 4.42. The van der Waals surface area contributed by atoms with Crippen LogP contribution in [0.1, 0.15) is 25.3 Å². The molecule has 0 bridgehead atoms. The number of likely N-dealkylation sites (N-methyl/N-ethyl adjacent to an activating group) is 1. The molecule has 116 valence electrons. The molecule has 5 heteroatoms. The van der Waals surface area contributed by atoms with E-state index in [0.717, 1.165) is 10.6 Å². The standard InChI is InChI=1S/C16H22ClNO3/c1-11(13-4-6-14(17)7-5-13)12(2)18(3)16(19)15-10-20-8-9-21-15/h4-7,11-12,15H,8-10H2,1-3H3. The van der Waals surface area contributed by atoms with Crippen molar-refractivity contribution in [2.45, 2.75) is 31.9 Å². The molecule has 1 aromatic carbocycles. The van der Waals surface area contributed by atoms with E-state index >= 15 is 0 Å². The van der Waals surface area contributed by atoms with Gasteiger partial charge in [-0.1, -0.05) is 30.7 Å². The molecule has 1 aliphatic rings. The van der Waals surface area contributed by atoms with E-state index in [1.54, 1.807) is 4.90 Å². The highest BCUT2D eigenvalue weighted by Crippen LogP contribution is 2.24. The summed E-state index contributed by atoms with van der Waals surface area (Å²) in [7, 11) is 1.82. The van der Waals surface area contributed by atoms with Crippen molar-refractivity contribution in [3.63, 3.8) is 0 Å². The number of carbonyl (C=O) groups is 1. The minimum atomic E-state index is -0.483. The van der Waals surface area contributed by atoms with Crippen molar-refractivity contribution in [2.24, 2.45) is 0 Å². The fraction of sp³-hybridized carbons (Fsp3) is 0.562. The Morgan fingerprint density at radius 2 is 1.95 bits per heavy atom. The minimum Gasteiger partial charge on any atom is -0.376 e. The molecule has 21 heavy (non-hydrogen) atoms. The maximum absolute atomic E-state index is 12.4. The molecular weight excluding hydrogens is 290 g/mol. The van der Waals surface area contributed by atoms with Crippen LogP contribution in [0.15, 0.2) is 24.3 Å². The maximum Gasteiger partial charge on any atom is 0.254 e. The average molecular weight is 312 g/mol. The van der Waals surface area contributed by atoms with Crippen LogP contribution in [0.3, 0.4) is 0 Å². The molecule has 1 heterocycles. The Bertz CT molecular complexity index is 471. The van der Waals surface area contributed by atoms with Crippen molar-refractivity contribution < 1.29 is 14.3 Å². The van der Waals surface area contributed by atoms with Gasteiger partial charge in [0, 0.05) is 24.0 Å². The topological polar surface area (TPSA) is 38.8 Å². The molecule has 1 amide bonds. The SMILES string of the molecule is CC(c1ccc(Cl)cc1)C(C)N(C)C(=O)C1COCCO1. The molecule has 2 rings (SSSR count). The molecular formula is C16H22ClNO3. The summed E-state index contributed by atoms with van der Waals surface area (Å²) in [6.07, 6.45) is -0.483. The molecule has 0 aliphatic carbocycles. The molecule has 0 radical (unpaired) electrons. The van der Waals surface area contributed by atoms with Crippen molar-refractivity contribution in [1.82, 2.24) is 4.90 Å². The normalized spacial score (nSPS) is 21.6. The fourth-order valence-electron chi connectivity index (χ4n) is 2.44. The molecule has 0 aromatic heterocycles. The smallest absolute Gasteiger partial charge is 0.254 e. The predicted molar refractivity (Wildman–Crippen MR) is 82.7 cm³/mol. The summed E-state index contributed by atoms with van der Waals surface area (Å²) < 4.78 is 10.8. The van der Waals surface area contributed by atoms with Gasteiger partial charge in [-0.05, 0) is 24.6 Å². The molecule has 3 unspecified atom stereocenters. The van der Waals surface area contributed by atoms with E-state index < -0.39 is 6.10 Å². The summed E-state index contributed by atoms with van der Waals surface area (Å²) in [5.74, 6) is 0.184. The largest absolute Gasteiger partial charge is 0.376 e. The maximum atomic E-state index is 12.4.